The van der Waals surface area contributed by atoms with Gasteiger partial charge in [-0.15, -0.1) is 11.8 Å². The number of fused-ring (bicyclic) bond motifs is 3. The normalized spacial score (nSPS) is 12.4. The van der Waals surface area contributed by atoms with Crippen LogP contribution in [0.3, 0.4) is 0 Å². The van der Waals surface area contributed by atoms with E-state index >= 15 is 0 Å². The third kappa shape index (κ3) is 6.32. The van der Waals surface area contributed by atoms with Crippen LogP contribution in [0.4, 0.5) is 4.79 Å². The maximum absolute atomic E-state index is 12.0. The van der Waals surface area contributed by atoms with Crippen LogP contribution in [0.5, 0.6) is 0 Å². The number of aliphatic carboxylic acids is 1. The van der Waals surface area contributed by atoms with Gasteiger partial charge in [-0.25, -0.2) is 9.59 Å². The minimum absolute atomic E-state index is 0.274. The summed E-state index contributed by atoms with van der Waals surface area (Å²) >= 11 is 1.55. The van der Waals surface area contributed by atoms with Gasteiger partial charge in [0.1, 0.15) is 22.8 Å². The predicted octanol–water partition coefficient (Wildman–Crippen LogP) is 8.38. The van der Waals surface area contributed by atoms with E-state index in [2.05, 4.69) is 66.0 Å². The molecule has 0 saturated carbocycles. The number of rotatable bonds is 8. The molecular weight excluding hydrogens is 522 g/mol. The number of carbonyl (C=O) groups excluding carboxylic acids is 1. The van der Waals surface area contributed by atoms with Crippen LogP contribution in [0.15, 0.2) is 100 Å². The first-order valence-electron chi connectivity index (χ1n) is 13.1. The first-order chi connectivity index (χ1) is 19.2. The fourth-order valence-electron chi connectivity index (χ4n) is 4.59. The van der Waals surface area contributed by atoms with Crippen molar-refractivity contribution in [3.05, 3.63) is 91.0 Å². The molecule has 5 aromatic rings. The summed E-state index contributed by atoms with van der Waals surface area (Å²) in [5.74, 6) is -0.552. The number of nitrogens with one attached hydrogen (secondary N) is 1. The third-order valence-corrected chi connectivity index (χ3v) is 7.48. The zero-order valence-corrected chi connectivity index (χ0v) is 23.5. The fourth-order valence-corrected chi connectivity index (χ4v) is 5.50. The highest BCUT2D eigenvalue weighted by atomic mass is 32.2. The van der Waals surface area contributed by atoms with Gasteiger partial charge in [-0.05, 0) is 68.1 Å². The van der Waals surface area contributed by atoms with Gasteiger partial charge in [0.25, 0.3) is 0 Å². The van der Waals surface area contributed by atoms with Crippen LogP contribution in [0, 0.1) is 0 Å². The highest BCUT2D eigenvalue weighted by molar-refractivity contribution is 7.99. The number of para-hydroxylation sites is 2. The minimum Gasteiger partial charge on any atom is -0.480 e. The van der Waals surface area contributed by atoms with Crippen LogP contribution in [-0.4, -0.2) is 34.6 Å². The molecule has 204 valence electrons. The van der Waals surface area contributed by atoms with Gasteiger partial charge < -0.3 is 19.6 Å². The number of carbonyl (C=O) groups is 2. The Hall–Kier alpha value is -4.23. The number of alkyl carbamates (subject to hydrolysis) is 1. The number of ether oxygens (including phenoxy) is 1. The molecule has 1 aromatic heterocycles. The average Bonchev–Trinajstić information content (AvgIpc) is 3.31. The molecule has 0 unspecified atom stereocenters. The topological polar surface area (TPSA) is 88.8 Å². The van der Waals surface area contributed by atoms with Crippen LogP contribution in [-0.2, 0) is 9.53 Å². The zero-order chi connectivity index (χ0) is 28.3. The molecule has 0 aliphatic rings. The summed E-state index contributed by atoms with van der Waals surface area (Å²) in [4.78, 5) is 24.6. The van der Waals surface area contributed by atoms with E-state index in [1.807, 2.05) is 30.3 Å². The molecule has 6 nitrogen and oxygen atoms in total. The predicted molar refractivity (Wildman–Crippen MR) is 161 cm³/mol. The van der Waals surface area contributed by atoms with E-state index in [0.29, 0.717) is 5.75 Å². The molecule has 0 bridgehead atoms. The van der Waals surface area contributed by atoms with E-state index in [0.717, 1.165) is 49.1 Å². The molecule has 0 saturated heterocycles. The van der Waals surface area contributed by atoms with Crippen LogP contribution in [0.2, 0.25) is 0 Å². The van der Waals surface area contributed by atoms with Crippen molar-refractivity contribution in [2.24, 2.45) is 0 Å². The first kappa shape index (κ1) is 27.3. The van der Waals surface area contributed by atoms with Crippen LogP contribution >= 0.6 is 11.8 Å². The molecule has 7 heteroatoms. The molecule has 5 rings (SSSR count). The van der Waals surface area contributed by atoms with Gasteiger partial charge in [0.2, 0.25) is 0 Å². The minimum atomic E-state index is -1.08. The summed E-state index contributed by atoms with van der Waals surface area (Å²) < 4.78 is 11.4. The lowest BCUT2D eigenvalue weighted by molar-refractivity contribution is -0.139. The Morgan fingerprint density at radius 1 is 0.875 bits per heavy atom. The van der Waals surface area contributed by atoms with Crippen LogP contribution < -0.4 is 5.32 Å². The highest BCUT2D eigenvalue weighted by Crippen LogP contribution is 2.37. The van der Waals surface area contributed by atoms with E-state index in [1.165, 1.54) is 0 Å². The molecule has 1 atom stereocenters. The van der Waals surface area contributed by atoms with Crippen molar-refractivity contribution in [1.82, 2.24) is 5.32 Å². The largest absolute Gasteiger partial charge is 0.480 e. The Kier molecular flexibility index (Phi) is 7.85. The van der Waals surface area contributed by atoms with Gasteiger partial charge in [-0.2, -0.15) is 0 Å². The first-order valence-corrected chi connectivity index (χ1v) is 14.1. The Morgan fingerprint density at radius 3 is 2.33 bits per heavy atom. The van der Waals surface area contributed by atoms with Crippen molar-refractivity contribution in [2.75, 3.05) is 5.75 Å². The van der Waals surface area contributed by atoms with E-state index in [9.17, 15) is 14.7 Å². The summed E-state index contributed by atoms with van der Waals surface area (Å²) in [5.41, 5.74) is 5.38. The third-order valence-electron chi connectivity index (χ3n) is 6.43. The van der Waals surface area contributed by atoms with Crippen LogP contribution in [0.25, 0.3) is 44.2 Å². The number of carboxylic acid groups (broad SMARTS) is 1. The summed E-state index contributed by atoms with van der Waals surface area (Å²) in [6, 6.07) is 29.9. The summed E-state index contributed by atoms with van der Waals surface area (Å²) in [7, 11) is 0. The quantitative estimate of drug-likeness (QED) is 0.188. The SMILES string of the molecule is CC(C)(C)OC(=O)N[C@@H](CCSc1ccc(-c2cccc(-c3cccc4c3oc3ccccc34)c2)cc1)C(=O)O. The molecule has 4 aromatic carbocycles. The maximum atomic E-state index is 12.0. The van der Waals surface area contributed by atoms with Crippen LogP contribution in [0.1, 0.15) is 27.2 Å². The van der Waals surface area contributed by atoms with E-state index in [4.69, 9.17) is 9.15 Å². The van der Waals surface area contributed by atoms with E-state index < -0.39 is 23.7 Å². The smallest absolute Gasteiger partial charge is 0.408 e. The molecular formula is C33H31NO5S. The standard InChI is InChI=1S/C33H31NO5S/c1-33(2,3)39-32(37)34-28(31(35)36)18-19-40-24-16-14-21(15-17-24)22-8-6-9-23(20-22)25-11-7-12-27-26-10-4-5-13-29(26)38-30(25)27/h4-17,20,28H,18-19H2,1-3H3,(H,34,37)(H,35,36)/t28-/m0/s1. The second-order valence-electron chi connectivity index (χ2n) is 10.6. The lowest BCUT2D eigenvalue weighted by Crippen LogP contribution is -2.43. The second-order valence-corrected chi connectivity index (χ2v) is 11.7. The number of furan rings is 1. The Morgan fingerprint density at radius 2 is 1.57 bits per heavy atom. The van der Waals surface area contributed by atoms with Crippen molar-refractivity contribution < 1.29 is 23.8 Å². The van der Waals surface area contributed by atoms with Gasteiger partial charge >= 0.3 is 12.1 Å². The molecule has 40 heavy (non-hydrogen) atoms. The molecule has 0 fully saturated rings. The number of hydrogen-bond acceptors (Lipinski definition) is 5. The van der Waals surface area contributed by atoms with Crippen molar-refractivity contribution in [3.63, 3.8) is 0 Å². The zero-order valence-electron chi connectivity index (χ0n) is 22.6. The molecule has 0 aliphatic heterocycles. The number of hydrogen-bond donors (Lipinski definition) is 2. The lowest BCUT2D eigenvalue weighted by Gasteiger charge is -2.21. The molecule has 0 spiro atoms. The molecule has 1 heterocycles. The van der Waals surface area contributed by atoms with Gasteiger partial charge in [0, 0.05) is 27.0 Å². The summed E-state index contributed by atoms with van der Waals surface area (Å²) in [6.45, 7) is 5.21. The monoisotopic (exact) mass is 553 g/mol. The molecule has 0 radical (unpaired) electrons. The van der Waals surface area contributed by atoms with Gasteiger partial charge in [0.05, 0.1) is 0 Å². The number of thioether (sulfide) groups is 1. The highest BCUT2D eigenvalue weighted by Gasteiger charge is 2.23. The van der Waals surface area contributed by atoms with Gasteiger partial charge in [-0.1, -0.05) is 66.7 Å². The van der Waals surface area contributed by atoms with E-state index in [1.54, 1.807) is 32.5 Å². The molecule has 1 amide bonds. The Balaban J connectivity index is 1.27. The van der Waals surface area contributed by atoms with Crippen molar-refractivity contribution in [2.45, 2.75) is 43.7 Å². The number of amides is 1. The summed E-state index contributed by atoms with van der Waals surface area (Å²) in [6.07, 6.45) is -0.454. The fraction of sp³-hybridized carbons (Fsp3) is 0.212. The number of benzene rings is 4. The molecule has 2 N–H and O–H groups in total. The van der Waals surface area contributed by atoms with Gasteiger partial charge in [0.15, 0.2) is 0 Å². The van der Waals surface area contributed by atoms with Crippen molar-refractivity contribution in [1.29, 1.82) is 0 Å². The maximum Gasteiger partial charge on any atom is 0.408 e. The van der Waals surface area contributed by atoms with E-state index in [-0.39, 0.29) is 6.42 Å². The molecule has 0 aliphatic carbocycles. The lowest BCUT2D eigenvalue weighted by atomic mass is 9.98. The Bertz CT molecular complexity index is 1670. The van der Waals surface area contributed by atoms with Crippen molar-refractivity contribution in [3.8, 4) is 22.3 Å². The Labute approximate surface area is 237 Å². The second kappa shape index (κ2) is 11.5. The van der Waals surface area contributed by atoms with Gasteiger partial charge in [-0.3, -0.25) is 0 Å². The summed E-state index contributed by atoms with van der Waals surface area (Å²) in [5, 5.41) is 14.2. The number of carboxylic acids is 1. The van der Waals surface area contributed by atoms with Crippen molar-refractivity contribution >= 4 is 45.8 Å². The average molecular weight is 554 g/mol.